The Morgan fingerprint density at radius 2 is 1.94 bits per heavy atom. The van der Waals surface area contributed by atoms with Gasteiger partial charge in [-0.05, 0) is 51.3 Å². The quantitative estimate of drug-likeness (QED) is 0.849. The second-order valence-corrected chi connectivity index (χ2v) is 5.46. The molecule has 1 aromatic rings. The highest BCUT2D eigenvalue weighted by atomic mass is 35.5. The van der Waals surface area contributed by atoms with Gasteiger partial charge < -0.3 is 10.6 Å². The van der Waals surface area contributed by atoms with Gasteiger partial charge in [0.1, 0.15) is 0 Å². The molecule has 0 saturated carbocycles. The Morgan fingerprint density at radius 1 is 1.28 bits per heavy atom. The van der Waals surface area contributed by atoms with Crippen molar-refractivity contribution < 1.29 is 0 Å². The summed E-state index contributed by atoms with van der Waals surface area (Å²) in [4.78, 5) is 2.36. The summed E-state index contributed by atoms with van der Waals surface area (Å²) in [7, 11) is 0. The van der Waals surface area contributed by atoms with Crippen molar-refractivity contribution in [2.45, 2.75) is 52.6 Å². The smallest absolute Gasteiger partial charge is 0.0426 e. The zero-order chi connectivity index (χ0) is 13.7. The SMILES string of the molecule is CCC(N)Cc1ccc(Cl)cc1N(CC)C(C)C. The molecule has 0 aliphatic carbocycles. The van der Waals surface area contributed by atoms with Crippen molar-refractivity contribution >= 4 is 17.3 Å². The zero-order valence-electron chi connectivity index (χ0n) is 11.9. The highest BCUT2D eigenvalue weighted by molar-refractivity contribution is 6.30. The third-order valence-corrected chi connectivity index (χ3v) is 3.56. The summed E-state index contributed by atoms with van der Waals surface area (Å²) < 4.78 is 0. The molecule has 0 amide bonds. The van der Waals surface area contributed by atoms with E-state index in [0.29, 0.717) is 6.04 Å². The molecule has 0 fully saturated rings. The topological polar surface area (TPSA) is 29.3 Å². The minimum atomic E-state index is 0.218. The number of anilines is 1. The lowest BCUT2D eigenvalue weighted by atomic mass is 10.0. The first-order chi connectivity index (χ1) is 8.49. The van der Waals surface area contributed by atoms with Crippen LogP contribution >= 0.6 is 11.6 Å². The maximum absolute atomic E-state index is 6.14. The van der Waals surface area contributed by atoms with Crippen molar-refractivity contribution in [2.24, 2.45) is 5.73 Å². The first-order valence-corrected chi connectivity index (χ1v) is 7.18. The van der Waals surface area contributed by atoms with Crippen LogP contribution in [0.3, 0.4) is 0 Å². The highest BCUT2D eigenvalue weighted by Crippen LogP contribution is 2.27. The number of rotatable bonds is 6. The van der Waals surface area contributed by atoms with E-state index in [1.165, 1.54) is 11.3 Å². The molecule has 0 saturated heterocycles. The third-order valence-electron chi connectivity index (χ3n) is 3.33. The number of nitrogens with zero attached hydrogens (tertiary/aromatic N) is 1. The van der Waals surface area contributed by atoms with Crippen LogP contribution in [-0.4, -0.2) is 18.6 Å². The molecule has 1 rings (SSSR count). The van der Waals surface area contributed by atoms with E-state index in [1.807, 2.05) is 6.07 Å². The van der Waals surface area contributed by atoms with Crippen molar-refractivity contribution in [1.82, 2.24) is 0 Å². The Labute approximate surface area is 116 Å². The predicted molar refractivity (Wildman–Crippen MR) is 81.6 cm³/mol. The molecule has 0 aliphatic rings. The van der Waals surface area contributed by atoms with E-state index in [2.05, 4.69) is 44.7 Å². The van der Waals surface area contributed by atoms with E-state index in [-0.39, 0.29) is 6.04 Å². The van der Waals surface area contributed by atoms with Crippen LogP contribution < -0.4 is 10.6 Å². The molecule has 1 unspecified atom stereocenters. The monoisotopic (exact) mass is 268 g/mol. The molecule has 18 heavy (non-hydrogen) atoms. The number of hydrogen-bond acceptors (Lipinski definition) is 2. The van der Waals surface area contributed by atoms with E-state index in [1.54, 1.807) is 0 Å². The molecule has 3 heteroatoms. The Morgan fingerprint density at radius 3 is 2.44 bits per heavy atom. The maximum atomic E-state index is 6.14. The zero-order valence-corrected chi connectivity index (χ0v) is 12.7. The van der Waals surface area contributed by atoms with Gasteiger partial charge in [0.15, 0.2) is 0 Å². The van der Waals surface area contributed by atoms with Crippen LogP contribution in [0.2, 0.25) is 5.02 Å². The number of benzene rings is 1. The van der Waals surface area contributed by atoms with Gasteiger partial charge in [-0.1, -0.05) is 24.6 Å². The van der Waals surface area contributed by atoms with Gasteiger partial charge in [0.2, 0.25) is 0 Å². The Kier molecular flexibility index (Phi) is 5.97. The van der Waals surface area contributed by atoms with E-state index >= 15 is 0 Å². The Balaban J connectivity index is 3.09. The number of halogens is 1. The van der Waals surface area contributed by atoms with E-state index < -0.39 is 0 Å². The van der Waals surface area contributed by atoms with Crippen LogP contribution in [-0.2, 0) is 6.42 Å². The summed E-state index contributed by atoms with van der Waals surface area (Å²) in [5.74, 6) is 0. The van der Waals surface area contributed by atoms with Gasteiger partial charge in [0.05, 0.1) is 0 Å². The van der Waals surface area contributed by atoms with Gasteiger partial charge in [-0.2, -0.15) is 0 Å². The van der Waals surface area contributed by atoms with E-state index in [4.69, 9.17) is 17.3 Å². The van der Waals surface area contributed by atoms with Crippen LogP contribution in [0.25, 0.3) is 0 Å². The molecule has 2 nitrogen and oxygen atoms in total. The van der Waals surface area contributed by atoms with Gasteiger partial charge in [0, 0.05) is 29.3 Å². The van der Waals surface area contributed by atoms with Crippen LogP contribution in [0.15, 0.2) is 18.2 Å². The summed E-state index contributed by atoms with van der Waals surface area (Å²) in [6.07, 6.45) is 1.90. The lowest BCUT2D eigenvalue weighted by molar-refractivity contribution is 0.638. The first kappa shape index (κ1) is 15.3. The molecule has 2 N–H and O–H groups in total. The summed E-state index contributed by atoms with van der Waals surface area (Å²) >= 11 is 6.14. The van der Waals surface area contributed by atoms with Gasteiger partial charge in [-0.3, -0.25) is 0 Å². The Hall–Kier alpha value is -0.730. The third kappa shape index (κ3) is 3.89. The lowest BCUT2D eigenvalue weighted by Crippen LogP contribution is -2.32. The van der Waals surface area contributed by atoms with Crippen molar-refractivity contribution in [1.29, 1.82) is 0 Å². The van der Waals surface area contributed by atoms with Gasteiger partial charge in [0.25, 0.3) is 0 Å². The van der Waals surface area contributed by atoms with Gasteiger partial charge >= 0.3 is 0 Å². The second-order valence-electron chi connectivity index (χ2n) is 5.03. The van der Waals surface area contributed by atoms with Crippen LogP contribution in [0.5, 0.6) is 0 Å². The molecule has 0 aliphatic heterocycles. The molecular formula is C15H25ClN2. The molecule has 0 spiro atoms. The molecule has 1 aromatic carbocycles. The summed E-state index contributed by atoms with van der Waals surface area (Å²) in [6.45, 7) is 9.68. The predicted octanol–water partition coefficient (Wildman–Crippen LogP) is 3.85. The molecule has 102 valence electrons. The average molecular weight is 269 g/mol. The molecule has 0 aromatic heterocycles. The van der Waals surface area contributed by atoms with Crippen LogP contribution in [0.1, 0.15) is 39.7 Å². The van der Waals surface area contributed by atoms with E-state index in [9.17, 15) is 0 Å². The average Bonchev–Trinajstić information content (AvgIpc) is 2.32. The normalized spacial score (nSPS) is 12.8. The summed E-state index contributed by atoms with van der Waals surface area (Å²) in [5, 5.41) is 0.790. The van der Waals surface area contributed by atoms with E-state index in [0.717, 1.165) is 24.4 Å². The van der Waals surface area contributed by atoms with Gasteiger partial charge in [-0.15, -0.1) is 0 Å². The number of hydrogen-bond donors (Lipinski definition) is 1. The minimum Gasteiger partial charge on any atom is -0.369 e. The van der Waals surface area contributed by atoms with Crippen molar-refractivity contribution in [3.63, 3.8) is 0 Å². The summed E-state index contributed by atoms with van der Waals surface area (Å²) in [6, 6.07) is 6.80. The fourth-order valence-electron chi connectivity index (χ4n) is 2.22. The van der Waals surface area contributed by atoms with Crippen LogP contribution in [0, 0.1) is 0 Å². The summed E-state index contributed by atoms with van der Waals surface area (Å²) in [5.41, 5.74) is 8.60. The van der Waals surface area contributed by atoms with Gasteiger partial charge in [-0.25, -0.2) is 0 Å². The second kappa shape index (κ2) is 7.01. The fourth-order valence-corrected chi connectivity index (χ4v) is 2.38. The van der Waals surface area contributed by atoms with Crippen molar-refractivity contribution in [3.05, 3.63) is 28.8 Å². The van der Waals surface area contributed by atoms with Crippen molar-refractivity contribution in [2.75, 3.05) is 11.4 Å². The Bertz CT molecular complexity index is 377. The lowest BCUT2D eigenvalue weighted by Gasteiger charge is -2.30. The molecule has 0 heterocycles. The fraction of sp³-hybridized carbons (Fsp3) is 0.600. The highest BCUT2D eigenvalue weighted by Gasteiger charge is 2.14. The standard InChI is InChI=1S/C15H25ClN2/c1-5-14(17)9-12-7-8-13(16)10-15(12)18(6-2)11(3)4/h7-8,10-11,14H,5-6,9,17H2,1-4H3. The number of nitrogens with two attached hydrogens (primary N) is 1. The van der Waals surface area contributed by atoms with Crippen LogP contribution in [0.4, 0.5) is 5.69 Å². The minimum absolute atomic E-state index is 0.218. The first-order valence-electron chi connectivity index (χ1n) is 6.80. The largest absolute Gasteiger partial charge is 0.369 e. The molecule has 0 radical (unpaired) electrons. The maximum Gasteiger partial charge on any atom is 0.0426 e. The molecular weight excluding hydrogens is 244 g/mol. The van der Waals surface area contributed by atoms with Crippen molar-refractivity contribution in [3.8, 4) is 0 Å². The molecule has 1 atom stereocenters. The molecule has 0 bridgehead atoms.